The molecule has 6 heteroatoms. The Bertz CT molecular complexity index is 603. The van der Waals surface area contributed by atoms with Gasteiger partial charge in [-0.05, 0) is 45.0 Å². The van der Waals surface area contributed by atoms with Gasteiger partial charge in [0.1, 0.15) is 5.60 Å². The average molecular weight is 338 g/mol. The molecule has 0 aliphatic carbocycles. The Morgan fingerprint density at radius 1 is 1.40 bits per heavy atom. The van der Waals surface area contributed by atoms with Crippen molar-refractivity contribution in [3.05, 3.63) is 41.1 Å². The summed E-state index contributed by atoms with van der Waals surface area (Å²) in [6.07, 6.45) is 2.99. The summed E-state index contributed by atoms with van der Waals surface area (Å²) in [5.41, 5.74) is 0.850. The fourth-order valence-electron chi connectivity index (χ4n) is 1.63. The molecule has 5 nitrogen and oxygen atoms in total. The number of nitrogens with zero attached hydrogens (tertiary/aromatic N) is 2. The van der Waals surface area contributed by atoms with E-state index in [1.807, 2.05) is 45.2 Å². The first-order valence-corrected chi connectivity index (χ1v) is 6.94. The molecule has 0 bridgehead atoms. The zero-order chi connectivity index (χ0) is 14.8. The maximum Gasteiger partial charge on any atom is 0.412 e. The summed E-state index contributed by atoms with van der Waals surface area (Å²) >= 11 is 3.39. The summed E-state index contributed by atoms with van der Waals surface area (Å²) in [7, 11) is 0. The van der Waals surface area contributed by atoms with Gasteiger partial charge in [-0.15, -0.1) is 0 Å². The van der Waals surface area contributed by atoms with Crippen LogP contribution in [0.2, 0.25) is 0 Å². The van der Waals surface area contributed by atoms with E-state index >= 15 is 0 Å². The third kappa shape index (κ3) is 3.84. The molecule has 1 aromatic heterocycles. The summed E-state index contributed by atoms with van der Waals surface area (Å²) in [5, 5.41) is 6.91. The highest BCUT2D eigenvalue weighted by Gasteiger charge is 2.17. The summed E-state index contributed by atoms with van der Waals surface area (Å²) in [4.78, 5) is 11.9. The number of anilines is 1. The molecular formula is C14H16BrN3O2. The van der Waals surface area contributed by atoms with Gasteiger partial charge < -0.3 is 4.74 Å². The van der Waals surface area contributed by atoms with Crippen molar-refractivity contribution in [2.24, 2.45) is 0 Å². The fourth-order valence-corrected chi connectivity index (χ4v) is 1.99. The summed E-state index contributed by atoms with van der Waals surface area (Å²) in [5.74, 6) is 0. The molecule has 20 heavy (non-hydrogen) atoms. The van der Waals surface area contributed by atoms with Crippen molar-refractivity contribution in [3.8, 4) is 5.69 Å². The summed E-state index contributed by atoms with van der Waals surface area (Å²) in [6.45, 7) is 5.46. The fraction of sp³-hybridized carbons (Fsp3) is 0.286. The van der Waals surface area contributed by atoms with Crippen molar-refractivity contribution in [1.82, 2.24) is 9.78 Å². The predicted molar refractivity (Wildman–Crippen MR) is 81.1 cm³/mol. The van der Waals surface area contributed by atoms with Crippen LogP contribution in [-0.4, -0.2) is 21.5 Å². The van der Waals surface area contributed by atoms with Crippen LogP contribution in [0.1, 0.15) is 20.8 Å². The van der Waals surface area contributed by atoms with E-state index in [9.17, 15) is 4.79 Å². The molecule has 0 unspecified atom stereocenters. The summed E-state index contributed by atoms with van der Waals surface area (Å²) in [6, 6.07) is 7.38. The molecule has 2 aromatic rings. The van der Waals surface area contributed by atoms with Gasteiger partial charge in [0, 0.05) is 16.9 Å². The van der Waals surface area contributed by atoms with E-state index in [-0.39, 0.29) is 0 Å². The highest BCUT2D eigenvalue weighted by atomic mass is 79.9. The molecule has 0 aliphatic heterocycles. The Kier molecular flexibility index (Phi) is 4.13. The molecule has 0 aliphatic rings. The van der Waals surface area contributed by atoms with Crippen LogP contribution in [0.4, 0.5) is 10.5 Å². The molecule has 0 saturated heterocycles. The molecule has 0 spiro atoms. The van der Waals surface area contributed by atoms with Gasteiger partial charge in [-0.1, -0.05) is 15.9 Å². The third-order valence-corrected chi connectivity index (χ3v) is 2.84. The number of ether oxygens (including phenoxy) is 1. The van der Waals surface area contributed by atoms with E-state index in [0.29, 0.717) is 5.69 Å². The van der Waals surface area contributed by atoms with Crippen LogP contribution in [0, 0.1) is 0 Å². The average Bonchev–Trinajstić information content (AvgIpc) is 2.79. The van der Waals surface area contributed by atoms with Crippen molar-refractivity contribution >= 4 is 27.7 Å². The normalized spacial score (nSPS) is 11.2. The predicted octanol–water partition coefficient (Wildman–Crippen LogP) is 3.98. The van der Waals surface area contributed by atoms with Gasteiger partial charge in [0.05, 0.1) is 11.4 Å². The van der Waals surface area contributed by atoms with Crippen LogP contribution < -0.4 is 5.32 Å². The van der Waals surface area contributed by atoms with E-state index in [1.54, 1.807) is 16.9 Å². The molecule has 1 N–H and O–H groups in total. The lowest BCUT2D eigenvalue weighted by Crippen LogP contribution is -2.27. The molecule has 0 atom stereocenters. The number of nitrogens with one attached hydrogen (secondary N) is 1. The Hall–Kier alpha value is -1.82. The van der Waals surface area contributed by atoms with Crippen LogP contribution >= 0.6 is 15.9 Å². The first-order chi connectivity index (χ1) is 9.35. The second-order valence-corrected chi connectivity index (χ2v) is 6.15. The van der Waals surface area contributed by atoms with Gasteiger partial charge in [0.25, 0.3) is 0 Å². The number of benzene rings is 1. The van der Waals surface area contributed by atoms with Gasteiger partial charge in [-0.25, -0.2) is 9.48 Å². The molecular weight excluding hydrogens is 322 g/mol. The van der Waals surface area contributed by atoms with Crippen molar-refractivity contribution in [3.63, 3.8) is 0 Å². The van der Waals surface area contributed by atoms with Crippen molar-refractivity contribution in [1.29, 1.82) is 0 Å². The lowest BCUT2D eigenvalue weighted by molar-refractivity contribution is 0.0636. The minimum Gasteiger partial charge on any atom is -0.444 e. The molecule has 1 aromatic carbocycles. The number of aromatic nitrogens is 2. The Morgan fingerprint density at radius 2 is 2.15 bits per heavy atom. The number of amides is 1. The van der Waals surface area contributed by atoms with Gasteiger partial charge in [-0.2, -0.15) is 5.10 Å². The molecule has 1 amide bonds. The van der Waals surface area contributed by atoms with Crippen molar-refractivity contribution < 1.29 is 9.53 Å². The van der Waals surface area contributed by atoms with Crippen molar-refractivity contribution in [2.75, 3.05) is 5.32 Å². The highest BCUT2D eigenvalue weighted by molar-refractivity contribution is 9.10. The molecule has 0 saturated carbocycles. The van der Waals surface area contributed by atoms with Gasteiger partial charge in [-0.3, -0.25) is 5.32 Å². The molecule has 0 radical (unpaired) electrons. The SMILES string of the molecule is CC(C)(C)OC(=O)Nc1cc(Br)ccc1-n1cccn1. The lowest BCUT2D eigenvalue weighted by Gasteiger charge is -2.20. The van der Waals surface area contributed by atoms with Crippen LogP contribution in [-0.2, 0) is 4.74 Å². The van der Waals surface area contributed by atoms with Crippen LogP contribution in [0.5, 0.6) is 0 Å². The lowest BCUT2D eigenvalue weighted by atomic mass is 10.2. The van der Waals surface area contributed by atoms with Gasteiger partial charge >= 0.3 is 6.09 Å². The van der Waals surface area contributed by atoms with Gasteiger partial charge in [0.15, 0.2) is 0 Å². The largest absolute Gasteiger partial charge is 0.444 e. The maximum absolute atomic E-state index is 11.9. The number of carbonyl (C=O) groups excluding carboxylic acids is 1. The number of hydrogen-bond acceptors (Lipinski definition) is 3. The van der Waals surface area contributed by atoms with Crippen LogP contribution in [0.3, 0.4) is 0 Å². The smallest absolute Gasteiger partial charge is 0.412 e. The Morgan fingerprint density at radius 3 is 2.75 bits per heavy atom. The van der Waals surface area contributed by atoms with E-state index in [4.69, 9.17) is 4.74 Å². The highest BCUT2D eigenvalue weighted by Crippen LogP contribution is 2.25. The van der Waals surface area contributed by atoms with Gasteiger partial charge in [0.2, 0.25) is 0 Å². The number of hydrogen-bond donors (Lipinski definition) is 1. The number of rotatable bonds is 2. The quantitative estimate of drug-likeness (QED) is 0.901. The third-order valence-electron chi connectivity index (χ3n) is 2.35. The molecule has 106 valence electrons. The van der Waals surface area contributed by atoms with Crippen molar-refractivity contribution in [2.45, 2.75) is 26.4 Å². The van der Waals surface area contributed by atoms with Crippen LogP contribution in [0.25, 0.3) is 5.69 Å². The van der Waals surface area contributed by atoms with Crippen LogP contribution in [0.15, 0.2) is 41.1 Å². The molecule has 0 fully saturated rings. The van der Waals surface area contributed by atoms with E-state index in [1.165, 1.54) is 0 Å². The zero-order valence-corrected chi connectivity index (χ0v) is 13.1. The monoisotopic (exact) mass is 337 g/mol. The number of halogens is 1. The minimum absolute atomic E-state index is 0.496. The topological polar surface area (TPSA) is 56.1 Å². The molecule has 1 heterocycles. The molecule has 2 rings (SSSR count). The first kappa shape index (κ1) is 14.6. The first-order valence-electron chi connectivity index (χ1n) is 6.15. The van der Waals surface area contributed by atoms with E-state index in [2.05, 4.69) is 26.3 Å². The standard InChI is InChI=1S/C14H16BrN3O2/c1-14(2,3)20-13(19)17-11-9-10(15)5-6-12(11)18-8-4-7-16-18/h4-9H,1-3H3,(H,17,19). The number of carbonyl (C=O) groups is 1. The summed E-state index contributed by atoms with van der Waals surface area (Å²) < 4.78 is 7.80. The van der Waals surface area contributed by atoms with E-state index in [0.717, 1.165) is 10.2 Å². The Balaban J connectivity index is 2.27. The minimum atomic E-state index is -0.540. The second-order valence-electron chi connectivity index (χ2n) is 5.24. The maximum atomic E-state index is 11.9. The second kappa shape index (κ2) is 5.66. The zero-order valence-electron chi connectivity index (χ0n) is 11.6. The Labute approximate surface area is 126 Å². The van der Waals surface area contributed by atoms with E-state index < -0.39 is 11.7 Å².